The topological polar surface area (TPSA) is 49.4 Å². The maximum absolute atomic E-state index is 12.7. The predicted octanol–water partition coefficient (Wildman–Crippen LogP) is 4.01. The van der Waals surface area contributed by atoms with Crippen LogP contribution < -0.4 is 5.32 Å². The van der Waals surface area contributed by atoms with Crippen LogP contribution >= 0.6 is 23.1 Å². The fourth-order valence-electron chi connectivity index (χ4n) is 3.24. The Morgan fingerprint density at radius 3 is 2.85 bits per heavy atom. The molecule has 0 saturated carbocycles. The second-order valence-corrected chi connectivity index (χ2v) is 8.55. The summed E-state index contributed by atoms with van der Waals surface area (Å²) < 4.78 is 0. The van der Waals surface area contributed by atoms with E-state index in [0.717, 1.165) is 30.0 Å². The molecule has 1 fully saturated rings. The zero-order valence-corrected chi connectivity index (χ0v) is 16.8. The van der Waals surface area contributed by atoms with Crippen LogP contribution in [0.25, 0.3) is 0 Å². The van der Waals surface area contributed by atoms with E-state index in [4.69, 9.17) is 0 Å². The molecule has 1 aromatic carbocycles. The number of aryl methyl sites for hydroxylation is 1. The molecular formula is C20H24N2O2S2. The van der Waals surface area contributed by atoms with Crippen molar-refractivity contribution >= 4 is 34.9 Å². The molecule has 1 atom stereocenters. The van der Waals surface area contributed by atoms with Gasteiger partial charge in [-0.2, -0.15) is 0 Å². The molecule has 2 aromatic rings. The fourth-order valence-corrected chi connectivity index (χ4v) is 5.33. The van der Waals surface area contributed by atoms with Gasteiger partial charge >= 0.3 is 0 Å². The molecule has 1 aliphatic heterocycles. The molecule has 4 nitrogen and oxygen atoms in total. The Morgan fingerprint density at radius 1 is 1.27 bits per heavy atom. The molecule has 6 heteroatoms. The Labute approximate surface area is 163 Å². The van der Waals surface area contributed by atoms with Gasteiger partial charge < -0.3 is 10.2 Å². The summed E-state index contributed by atoms with van der Waals surface area (Å²) in [5.74, 6) is 1.49. The molecule has 2 amide bonds. The first-order valence-corrected chi connectivity index (χ1v) is 10.8. The van der Waals surface area contributed by atoms with E-state index in [0.29, 0.717) is 10.6 Å². The quantitative estimate of drug-likeness (QED) is 0.813. The van der Waals surface area contributed by atoms with Crippen molar-refractivity contribution in [3.05, 3.63) is 57.3 Å². The van der Waals surface area contributed by atoms with Crippen LogP contribution in [0, 0.1) is 6.92 Å². The summed E-state index contributed by atoms with van der Waals surface area (Å²) in [7, 11) is 1.64. The maximum atomic E-state index is 12.7. The number of likely N-dealkylation sites (tertiary alicyclic amines) is 1. The zero-order chi connectivity index (χ0) is 18.5. The lowest BCUT2D eigenvalue weighted by Crippen LogP contribution is -2.31. The van der Waals surface area contributed by atoms with E-state index in [1.807, 2.05) is 29.2 Å². The average Bonchev–Trinajstić information content (AvgIpc) is 3.31. The number of nitrogens with zero attached hydrogens (tertiary/aromatic N) is 1. The molecule has 0 bridgehead atoms. The molecule has 2 heterocycles. The van der Waals surface area contributed by atoms with Crippen molar-refractivity contribution in [3.8, 4) is 0 Å². The minimum Gasteiger partial charge on any atom is -0.354 e. The van der Waals surface area contributed by atoms with E-state index >= 15 is 0 Å². The Bertz CT molecular complexity index is 788. The lowest BCUT2D eigenvalue weighted by atomic mass is 10.1. The second kappa shape index (κ2) is 8.73. The lowest BCUT2D eigenvalue weighted by Gasteiger charge is -2.24. The average molecular weight is 389 g/mol. The van der Waals surface area contributed by atoms with Gasteiger partial charge in [0.1, 0.15) is 0 Å². The van der Waals surface area contributed by atoms with Crippen LogP contribution in [-0.2, 0) is 10.5 Å². The zero-order valence-electron chi connectivity index (χ0n) is 15.2. The molecule has 26 heavy (non-hydrogen) atoms. The van der Waals surface area contributed by atoms with Crippen LogP contribution in [0.5, 0.6) is 0 Å². The number of carbonyl (C=O) groups excluding carboxylic acids is 2. The summed E-state index contributed by atoms with van der Waals surface area (Å²) in [5.41, 5.74) is 2.56. The molecule has 0 aliphatic carbocycles. The number of rotatable bonds is 6. The molecule has 0 spiro atoms. The van der Waals surface area contributed by atoms with Crippen molar-refractivity contribution in [2.24, 2.45) is 0 Å². The molecule has 1 saturated heterocycles. The van der Waals surface area contributed by atoms with Gasteiger partial charge in [-0.1, -0.05) is 24.3 Å². The van der Waals surface area contributed by atoms with Crippen molar-refractivity contribution in [1.29, 1.82) is 0 Å². The third-order valence-electron chi connectivity index (χ3n) is 4.72. The van der Waals surface area contributed by atoms with E-state index in [1.54, 1.807) is 18.8 Å². The van der Waals surface area contributed by atoms with E-state index in [2.05, 4.69) is 24.4 Å². The smallest absolute Gasteiger partial charge is 0.261 e. The van der Waals surface area contributed by atoms with Gasteiger partial charge in [0, 0.05) is 24.2 Å². The SMILES string of the molecule is CNC(=O)c1ccc(C2CCCN2C(=O)CSCc2ccccc2C)s1. The van der Waals surface area contributed by atoms with Crippen molar-refractivity contribution < 1.29 is 9.59 Å². The van der Waals surface area contributed by atoms with E-state index in [1.165, 1.54) is 22.5 Å². The number of thiophene rings is 1. The number of benzene rings is 1. The predicted molar refractivity (Wildman–Crippen MR) is 109 cm³/mol. The molecule has 138 valence electrons. The standard InChI is InChI=1S/C20H24N2O2S2/c1-14-6-3-4-7-15(14)12-25-13-19(23)22-11-5-8-16(22)17-9-10-18(26-17)20(24)21-2/h3-4,6-7,9-10,16H,5,8,11-13H2,1-2H3,(H,21,24). The number of amides is 2. The highest BCUT2D eigenvalue weighted by Crippen LogP contribution is 2.36. The minimum absolute atomic E-state index is 0.0640. The van der Waals surface area contributed by atoms with Crippen molar-refractivity contribution in [3.63, 3.8) is 0 Å². The summed E-state index contributed by atoms with van der Waals surface area (Å²) in [6.45, 7) is 2.91. The van der Waals surface area contributed by atoms with Crippen LogP contribution in [0.4, 0.5) is 0 Å². The molecular weight excluding hydrogens is 364 g/mol. The van der Waals surface area contributed by atoms with Gasteiger partial charge in [-0.15, -0.1) is 23.1 Å². The summed E-state index contributed by atoms with van der Waals surface area (Å²) in [6.07, 6.45) is 1.99. The first-order chi connectivity index (χ1) is 12.6. The summed E-state index contributed by atoms with van der Waals surface area (Å²) in [4.78, 5) is 28.3. The molecule has 1 N–H and O–H groups in total. The molecule has 1 aliphatic rings. The number of nitrogens with one attached hydrogen (secondary N) is 1. The lowest BCUT2D eigenvalue weighted by molar-refractivity contribution is -0.129. The van der Waals surface area contributed by atoms with Gasteiger partial charge in [0.05, 0.1) is 16.7 Å². The van der Waals surface area contributed by atoms with Crippen molar-refractivity contribution in [2.45, 2.75) is 31.6 Å². The number of carbonyl (C=O) groups is 2. The number of hydrogen-bond donors (Lipinski definition) is 1. The number of hydrogen-bond acceptors (Lipinski definition) is 4. The van der Waals surface area contributed by atoms with Crippen molar-refractivity contribution in [2.75, 3.05) is 19.3 Å². The van der Waals surface area contributed by atoms with Gasteiger partial charge in [0.2, 0.25) is 5.91 Å². The Balaban J connectivity index is 1.59. The van der Waals surface area contributed by atoms with Gasteiger partial charge in [0.15, 0.2) is 0 Å². The van der Waals surface area contributed by atoms with E-state index in [-0.39, 0.29) is 17.9 Å². The highest BCUT2D eigenvalue weighted by Gasteiger charge is 2.31. The molecule has 3 rings (SSSR count). The van der Waals surface area contributed by atoms with Crippen LogP contribution in [0.2, 0.25) is 0 Å². The second-order valence-electron chi connectivity index (χ2n) is 6.45. The van der Waals surface area contributed by atoms with Gasteiger partial charge in [-0.05, 0) is 43.0 Å². The first-order valence-electron chi connectivity index (χ1n) is 8.83. The Morgan fingerprint density at radius 2 is 2.08 bits per heavy atom. The van der Waals surface area contributed by atoms with Crippen LogP contribution in [0.3, 0.4) is 0 Å². The summed E-state index contributed by atoms with van der Waals surface area (Å²) >= 11 is 3.17. The Kier molecular flexibility index (Phi) is 6.38. The fraction of sp³-hybridized carbons (Fsp3) is 0.400. The third-order valence-corrected chi connectivity index (χ3v) is 6.88. The maximum Gasteiger partial charge on any atom is 0.261 e. The summed E-state index contributed by atoms with van der Waals surface area (Å²) in [5, 5.41) is 2.65. The van der Waals surface area contributed by atoms with Crippen LogP contribution in [-0.4, -0.2) is 36.1 Å². The third kappa shape index (κ3) is 4.30. The normalized spacial score (nSPS) is 16.7. The molecule has 1 unspecified atom stereocenters. The summed E-state index contributed by atoms with van der Waals surface area (Å²) in [6, 6.07) is 12.3. The van der Waals surface area contributed by atoms with Crippen LogP contribution in [0.1, 0.15) is 44.6 Å². The molecule has 0 radical (unpaired) electrons. The van der Waals surface area contributed by atoms with Gasteiger partial charge in [-0.25, -0.2) is 0 Å². The number of thioether (sulfide) groups is 1. The Hall–Kier alpha value is -1.79. The minimum atomic E-state index is -0.0640. The first kappa shape index (κ1) is 19.0. The van der Waals surface area contributed by atoms with E-state index in [9.17, 15) is 9.59 Å². The van der Waals surface area contributed by atoms with E-state index < -0.39 is 0 Å². The monoisotopic (exact) mass is 388 g/mol. The molecule has 1 aromatic heterocycles. The highest BCUT2D eigenvalue weighted by atomic mass is 32.2. The highest BCUT2D eigenvalue weighted by molar-refractivity contribution is 7.99. The van der Waals surface area contributed by atoms with Crippen molar-refractivity contribution in [1.82, 2.24) is 10.2 Å². The van der Waals surface area contributed by atoms with Gasteiger partial charge in [-0.3, -0.25) is 9.59 Å². The van der Waals surface area contributed by atoms with Crippen LogP contribution in [0.15, 0.2) is 36.4 Å². The van der Waals surface area contributed by atoms with Gasteiger partial charge in [0.25, 0.3) is 5.91 Å². The largest absolute Gasteiger partial charge is 0.354 e.